The molecular formula is C28H23Cl2F3N4O. The SMILES string of the molecule is O=C(NCc1cc(Cl)cc(Cl)c1)c1cc(N2CCN(c3cccc(C(F)(F)F)c3)CC2)nc2ccccc12. The number of fused-ring (bicyclic) bond motifs is 1. The summed E-state index contributed by atoms with van der Waals surface area (Å²) in [7, 11) is 0. The quantitative estimate of drug-likeness (QED) is 0.292. The predicted molar refractivity (Wildman–Crippen MR) is 145 cm³/mol. The molecule has 0 bridgehead atoms. The lowest BCUT2D eigenvalue weighted by atomic mass is 10.1. The van der Waals surface area contributed by atoms with Crippen molar-refractivity contribution < 1.29 is 18.0 Å². The van der Waals surface area contributed by atoms with Crippen LogP contribution in [0.5, 0.6) is 0 Å². The average Bonchev–Trinajstić information content (AvgIpc) is 2.90. The number of amides is 1. The highest BCUT2D eigenvalue weighted by molar-refractivity contribution is 6.34. The first-order valence-electron chi connectivity index (χ1n) is 12.0. The van der Waals surface area contributed by atoms with Gasteiger partial charge in [0.05, 0.1) is 16.6 Å². The summed E-state index contributed by atoms with van der Waals surface area (Å²) in [5.41, 5.74) is 1.82. The molecular weight excluding hydrogens is 536 g/mol. The largest absolute Gasteiger partial charge is 0.416 e. The number of aromatic nitrogens is 1. The van der Waals surface area contributed by atoms with Crippen LogP contribution in [-0.4, -0.2) is 37.1 Å². The second-order valence-corrected chi connectivity index (χ2v) is 9.90. The molecule has 2 heterocycles. The van der Waals surface area contributed by atoms with Gasteiger partial charge in [0.1, 0.15) is 5.82 Å². The molecule has 3 aromatic carbocycles. The van der Waals surface area contributed by atoms with Crippen LogP contribution in [0.2, 0.25) is 10.0 Å². The number of carbonyl (C=O) groups is 1. The van der Waals surface area contributed by atoms with Gasteiger partial charge in [-0.05, 0) is 54.1 Å². The van der Waals surface area contributed by atoms with E-state index in [1.54, 1.807) is 30.3 Å². The molecule has 1 fully saturated rings. The van der Waals surface area contributed by atoms with E-state index in [1.165, 1.54) is 12.1 Å². The van der Waals surface area contributed by atoms with Gasteiger partial charge >= 0.3 is 6.18 Å². The Morgan fingerprint density at radius 1 is 0.868 bits per heavy atom. The minimum Gasteiger partial charge on any atom is -0.368 e. The number of pyridine rings is 1. The number of carbonyl (C=O) groups excluding carboxylic acids is 1. The molecule has 1 saturated heterocycles. The maximum absolute atomic E-state index is 13.3. The van der Waals surface area contributed by atoms with Crippen molar-refractivity contribution in [1.82, 2.24) is 10.3 Å². The molecule has 0 radical (unpaired) electrons. The molecule has 0 spiro atoms. The fourth-order valence-electron chi connectivity index (χ4n) is 4.57. The average molecular weight is 559 g/mol. The van der Waals surface area contributed by atoms with Gasteiger partial charge in [0.15, 0.2) is 0 Å². The van der Waals surface area contributed by atoms with Gasteiger partial charge in [0.25, 0.3) is 5.91 Å². The minimum atomic E-state index is -4.39. The number of rotatable bonds is 5. The van der Waals surface area contributed by atoms with Crippen LogP contribution in [0.15, 0.2) is 72.8 Å². The Bertz CT molecular complexity index is 1470. The molecule has 1 aliphatic rings. The normalized spacial score (nSPS) is 14.1. The fraction of sp³-hybridized carbons (Fsp3) is 0.214. The van der Waals surface area contributed by atoms with Gasteiger partial charge in [-0.3, -0.25) is 4.79 Å². The Hall–Kier alpha value is -3.49. The van der Waals surface area contributed by atoms with Crippen molar-refractivity contribution in [1.29, 1.82) is 0 Å². The van der Waals surface area contributed by atoms with Crippen molar-refractivity contribution in [2.75, 3.05) is 36.0 Å². The van der Waals surface area contributed by atoms with E-state index in [1.807, 2.05) is 34.1 Å². The van der Waals surface area contributed by atoms with E-state index < -0.39 is 11.7 Å². The molecule has 1 N–H and O–H groups in total. The van der Waals surface area contributed by atoms with Gasteiger partial charge in [0.2, 0.25) is 0 Å². The number of hydrogen-bond donors (Lipinski definition) is 1. The van der Waals surface area contributed by atoms with E-state index in [0.29, 0.717) is 58.8 Å². The van der Waals surface area contributed by atoms with Crippen LogP contribution in [0.1, 0.15) is 21.5 Å². The number of nitrogens with one attached hydrogen (secondary N) is 1. The first kappa shape index (κ1) is 26.1. The first-order valence-corrected chi connectivity index (χ1v) is 12.7. The number of halogens is 5. The number of anilines is 2. The van der Waals surface area contributed by atoms with Crippen molar-refractivity contribution in [3.63, 3.8) is 0 Å². The lowest BCUT2D eigenvalue weighted by molar-refractivity contribution is -0.137. The van der Waals surface area contributed by atoms with Crippen LogP contribution in [0.3, 0.4) is 0 Å². The Labute approximate surface area is 227 Å². The zero-order valence-corrected chi connectivity index (χ0v) is 21.6. The van der Waals surface area contributed by atoms with Crippen LogP contribution < -0.4 is 15.1 Å². The second-order valence-electron chi connectivity index (χ2n) is 9.03. The molecule has 38 heavy (non-hydrogen) atoms. The van der Waals surface area contributed by atoms with Crippen molar-refractivity contribution >= 4 is 51.5 Å². The molecule has 10 heteroatoms. The molecule has 196 valence electrons. The molecule has 0 aliphatic carbocycles. The molecule has 0 saturated carbocycles. The number of alkyl halides is 3. The molecule has 1 aromatic heterocycles. The summed E-state index contributed by atoms with van der Waals surface area (Å²) in [5, 5.41) is 4.64. The monoisotopic (exact) mass is 558 g/mol. The van der Waals surface area contributed by atoms with E-state index in [9.17, 15) is 18.0 Å². The van der Waals surface area contributed by atoms with Gasteiger partial charge in [0, 0.05) is 53.8 Å². The van der Waals surface area contributed by atoms with Crippen LogP contribution in [0, 0.1) is 0 Å². The summed E-state index contributed by atoms with van der Waals surface area (Å²) in [6.45, 7) is 2.38. The Kier molecular flexibility index (Phi) is 7.36. The fourth-order valence-corrected chi connectivity index (χ4v) is 5.15. The molecule has 0 atom stereocenters. The molecule has 5 rings (SSSR count). The maximum atomic E-state index is 13.3. The van der Waals surface area contributed by atoms with Gasteiger partial charge in [-0.1, -0.05) is 47.5 Å². The molecule has 1 amide bonds. The summed E-state index contributed by atoms with van der Waals surface area (Å²) < 4.78 is 39.5. The molecule has 5 nitrogen and oxygen atoms in total. The van der Waals surface area contributed by atoms with E-state index in [4.69, 9.17) is 28.2 Å². The highest BCUT2D eigenvalue weighted by atomic mass is 35.5. The van der Waals surface area contributed by atoms with Crippen molar-refractivity contribution in [3.8, 4) is 0 Å². The van der Waals surface area contributed by atoms with Crippen LogP contribution >= 0.6 is 23.2 Å². The van der Waals surface area contributed by atoms with Gasteiger partial charge < -0.3 is 15.1 Å². The zero-order chi connectivity index (χ0) is 26.9. The third kappa shape index (κ3) is 5.81. The van der Waals surface area contributed by atoms with E-state index in [0.717, 1.165) is 17.0 Å². The van der Waals surface area contributed by atoms with Crippen molar-refractivity contribution in [2.45, 2.75) is 12.7 Å². The van der Waals surface area contributed by atoms with Crippen LogP contribution in [-0.2, 0) is 12.7 Å². The predicted octanol–water partition coefficient (Wildman–Crippen LogP) is 6.82. The Balaban J connectivity index is 1.34. The highest BCUT2D eigenvalue weighted by Gasteiger charge is 2.31. The number of nitrogens with zero attached hydrogens (tertiary/aromatic N) is 3. The van der Waals surface area contributed by atoms with Gasteiger partial charge in [-0.2, -0.15) is 13.2 Å². The van der Waals surface area contributed by atoms with Crippen molar-refractivity contribution in [2.24, 2.45) is 0 Å². The lowest BCUT2D eigenvalue weighted by Crippen LogP contribution is -2.47. The lowest BCUT2D eigenvalue weighted by Gasteiger charge is -2.37. The van der Waals surface area contributed by atoms with E-state index >= 15 is 0 Å². The Morgan fingerprint density at radius 2 is 1.55 bits per heavy atom. The summed E-state index contributed by atoms with van der Waals surface area (Å²) >= 11 is 12.2. The topological polar surface area (TPSA) is 48.5 Å². The van der Waals surface area contributed by atoms with Gasteiger partial charge in [-0.25, -0.2) is 4.98 Å². The maximum Gasteiger partial charge on any atom is 0.416 e. The standard InChI is InChI=1S/C28H23Cl2F3N4O/c29-20-12-18(13-21(30)15-20)17-34-27(38)24-16-26(35-25-7-2-1-6-23(24)25)37-10-8-36(9-11-37)22-5-3-4-19(14-22)28(31,32)33/h1-7,12-16H,8-11,17H2,(H,34,38). The highest BCUT2D eigenvalue weighted by Crippen LogP contribution is 2.32. The van der Waals surface area contributed by atoms with E-state index in [-0.39, 0.29) is 12.5 Å². The summed E-state index contributed by atoms with van der Waals surface area (Å²) in [4.78, 5) is 22.0. The van der Waals surface area contributed by atoms with Crippen LogP contribution in [0.4, 0.5) is 24.7 Å². The third-order valence-electron chi connectivity index (χ3n) is 6.46. The first-order chi connectivity index (χ1) is 18.2. The summed E-state index contributed by atoms with van der Waals surface area (Å²) in [6, 6.07) is 19.7. The zero-order valence-electron chi connectivity index (χ0n) is 20.1. The number of benzene rings is 3. The number of para-hydroxylation sites is 1. The summed E-state index contributed by atoms with van der Waals surface area (Å²) in [5.74, 6) is 0.381. The molecule has 1 aliphatic heterocycles. The third-order valence-corrected chi connectivity index (χ3v) is 6.90. The minimum absolute atomic E-state index is 0.251. The van der Waals surface area contributed by atoms with Crippen LogP contribution in [0.25, 0.3) is 10.9 Å². The second kappa shape index (κ2) is 10.7. The van der Waals surface area contributed by atoms with E-state index in [2.05, 4.69) is 5.32 Å². The number of piperazine rings is 1. The van der Waals surface area contributed by atoms with Gasteiger partial charge in [-0.15, -0.1) is 0 Å². The molecule has 0 unspecified atom stereocenters. The smallest absolute Gasteiger partial charge is 0.368 e. The van der Waals surface area contributed by atoms with Crippen molar-refractivity contribution in [3.05, 3.63) is 99.5 Å². The molecule has 4 aromatic rings. The number of hydrogen-bond acceptors (Lipinski definition) is 4. The Morgan fingerprint density at radius 3 is 2.26 bits per heavy atom. The summed E-state index contributed by atoms with van der Waals surface area (Å²) in [6.07, 6.45) is -4.39.